The lowest BCUT2D eigenvalue weighted by atomic mass is 9.96. The Labute approximate surface area is 139 Å². The number of hydrogen-bond acceptors (Lipinski definition) is 3. The largest absolute Gasteiger partial charge is 0.496 e. The summed E-state index contributed by atoms with van der Waals surface area (Å²) >= 11 is 5.44. The minimum absolute atomic E-state index is 0.162. The van der Waals surface area contributed by atoms with Crippen LogP contribution in [0.15, 0.2) is 28.1 Å². The second-order valence-electron chi connectivity index (χ2n) is 5.22. The van der Waals surface area contributed by atoms with Crippen molar-refractivity contribution < 1.29 is 4.74 Å². The van der Waals surface area contributed by atoms with Crippen LogP contribution < -0.4 is 10.1 Å². The number of aryl methyl sites for hydroxylation is 2. The van der Waals surface area contributed by atoms with Gasteiger partial charge in [0.05, 0.1) is 13.2 Å². The quantitative estimate of drug-likeness (QED) is 0.754. The highest BCUT2D eigenvalue weighted by Crippen LogP contribution is 2.39. The molecule has 0 spiro atoms. The number of benzene rings is 1. The first-order chi connectivity index (χ1) is 10.1. The molecule has 1 unspecified atom stereocenters. The van der Waals surface area contributed by atoms with E-state index in [4.69, 9.17) is 4.74 Å². The van der Waals surface area contributed by atoms with Crippen molar-refractivity contribution in [3.8, 4) is 5.75 Å². The Morgan fingerprint density at radius 3 is 2.67 bits per heavy atom. The third-order valence-electron chi connectivity index (χ3n) is 3.51. The lowest BCUT2D eigenvalue weighted by Gasteiger charge is -2.23. The van der Waals surface area contributed by atoms with Gasteiger partial charge < -0.3 is 10.1 Å². The first-order valence-corrected chi connectivity index (χ1v) is 8.87. The van der Waals surface area contributed by atoms with Gasteiger partial charge in [0.2, 0.25) is 0 Å². The summed E-state index contributed by atoms with van der Waals surface area (Å²) in [6.45, 7) is 7.43. The Morgan fingerprint density at radius 1 is 1.33 bits per heavy atom. The third kappa shape index (κ3) is 3.68. The second kappa shape index (κ2) is 7.43. The van der Waals surface area contributed by atoms with Crippen LogP contribution in [0.25, 0.3) is 0 Å². The molecule has 1 aromatic heterocycles. The summed E-state index contributed by atoms with van der Waals surface area (Å²) in [6.07, 6.45) is 1.10. The van der Waals surface area contributed by atoms with E-state index in [-0.39, 0.29) is 6.04 Å². The summed E-state index contributed by atoms with van der Waals surface area (Å²) < 4.78 is 6.81. The van der Waals surface area contributed by atoms with Crippen LogP contribution in [0, 0.1) is 13.8 Å². The molecule has 2 rings (SSSR count). The Bertz CT molecular complexity index is 609. The molecule has 0 fully saturated rings. The van der Waals surface area contributed by atoms with Gasteiger partial charge in [-0.1, -0.05) is 13.0 Å². The van der Waals surface area contributed by atoms with Gasteiger partial charge in [-0.15, -0.1) is 11.3 Å². The Hall–Kier alpha value is -0.840. The molecule has 0 amide bonds. The molecule has 0 aliphatic carbocycles. The molecule has 0 aliphatic heterocycles. The molecule has 2 aromatic rings. The molecule has 4 heteroatoms. The number of nitrogens with one attached hydrogen (secondary N) is 1. The molecule has 0 bridgehead atoms. The lowest BCUT2D eigenvalue weighted by Crippen LogP contribution is -2.24. The molecule has 2 nitrogen and oxygen atoms in total. The van der Waals surface area contributed by atoms with E-state index in [0.717, 1.165) is 23.2 Å². The van der Waals surface area contributed by atoms with E-state index in [1.807, 2.05) is 0 Å². The van der Waals surface area contributed by atoms with Gasteiger partial charge in [0.15, 0.2) is 0 Å². The van der Waals surface area contributed by atoms with E-state index in [1.165, 1.54) is 21.6 Å². The summed E-state index contributed by atoms with van der Waals surface area (Å²) in [6, 6.07) is 6.61. The van der Waals surface area contributed by atoms with Gasteiger partial charge in [-0.2, -0.15) is 0 Å². The van der Waals surface area contributed by atoms with Crippen molar-refractivity contribution in [2.24, 2.45) is 0 Å². The normalized spacial score (nSPS) is 12.4. The van der Waals surface area contributed by atoms with Crippen molar-refractivity contribution in [2.45, 2.75) is 33.2 Å². The zero-order valence-electron chi connectivity index (χ0n) is 13.0. The predicted octanol–water partition coefficient (Wildman–Crippen LogP) is 5.23. The van der Waals surface area contributed by atoms with E-state index in [1.54, 1.807) is 18.4 Å². The minimum Gasteiger partial charge on any atom is -0.496 e. The van der Waals surface area contributed by atoms with Crippen molar-refractivity contribution in [1.29, 1.82) is 0 Å². The summed E-state index contributed by atoms with van der Waals surface area (Å²) in [5.74, 6) is 0.960. The molecule has 0 saturated heterocycles. The van der Waals surface area contributed by atoms with Crippen LogP contribution in [-0.4, -0.2) is 13.7 Å². The first kappa shape index (κ1) is 16.5. The highest BCUT2D eigenvalue weighted by molar-refractivity contribution is 9.10. The molecule has 1 atom stereocenters. The van der Waals surface area contributed by atoms with Gasteiger partial charge in [-0.05, 0) is 71.4 Å². The molecule has 1 N–H and O–H groups in total. The van der Waals surface area contributed by atoms with Gasteiger partial charge in [0, 0.05) is 14.9 Å². The summed E-state index contributed by atoms with van der Waals surface area (Å²) in [7, 11) is 1.75. The monoisotopic (exact) mass is 367 g/mol. The number of methoxy groups -OCH3 is 1. The fourth-order valence-electron chi connectivity index (χ4n) is 2.60. The van der Waals surface area contributed by atoms with Crippen molar-refractivity contribution in [1.82, 2.24) is 5.32 Å². The first-order valence-electron chi connectivity index (χ1n) is 7.19. The van der Waals surface area contributed by atoms with Gasteiger partial charge in [0.1, 0.15) is 5.75 Å². The smallest absolute Gasteiger partial charge is 0.124 e. The molecular formula is C17H22BrNOS. The van der Waals surface area contributed by atoms with Crippen LogP contribution in [0.3, 0.4) is 0 Å². The molecule has 1 aromatic carbocycles. The molecule has 0 aliphatic rings. The van der Waals surface area contributed by atoms with Crippen molar-refractivity contribution in [3.63, 3.8) is 0 Å². The van der Waals surface area contributed by atoms with Crippen LogP contribution >= 0.6 is 27.3 Å². The van der Waals surface area contributed by atoms with Crippen molar-refractivity contribution in [2.75, 3.05) is 13.7 Å². The second-order valence-corrected chi connectivity index (χ2v) is 7.02. The zero-order valence-corrected chi connectivity index (χ0v) is 15.4. The van der Waals surface area contributed by atoms with Crippen LogP contribution in [-0.2, 0) is 0 Å². The number of thiophene rings is 1. The molecule has 0 saturated carbocycles. The Balaban J connectivity index is 2.54. The van der Waals surface area contributed by atoms with E-state index >= 15 is 0 Å². The van der Waals surface area contributed by atoms with E-state index in [0.29, 0.717) is 0 Å². The van der Waals surface area contributed by atoms with E-state index in [9.17, 15) is 0 Å². The standard InChI is InChI=1S/C17H22BrNOS/c1-5-7-19-16(17-13(18)6-8-21-17)15-12(3)9-11(2)10-14(15)20-4/h6,8-10,16,19H,5,7H2,1-4H3. The number of halogens is 1. The van der Waals surface area contributed by atoms with Crippen LogP contribution in [0.2, 0.25) is 0 Å². The van der Waals surface area contributed by atoms with Crippen LogP contribution in [0.5, 0.6) is 5.75 Å². The highest BCUT2D eigenvalue weighted by atomic mass is 79.9. The molecule has 21 heavy (non-hydrogen) atoms. The van der Waals surface area contributed by atoms with E-state index in [2.05, 4.69) is 65.6 Å². The summed E-state index contributed by atoms with van der Waals surface area (Å²) in [4.78, 5) is 1.30. The molecule has 0 radical (unpaired) electrons. The van der Waals surface area contributed by atoms with Crippen LogP contribution in [0.4, 0.5) is 0 Å². The average molecular weight is 368 g/mol. The van der Waals surface area contributed by atoms with Crippen molar-refractivity contribution >= 4 is 27.3 Å². The number of rotatable bonds is 6. The summed E-state index contributed by atoms with van der Waals surface area (Å²) in [5, 5.41) is 5.79. The van der Waals surface area contributed by atoms with Gasteiger partial charge in [-0.25, -0.2) is 0 Å². The lowest BCUT2D eigenvalue weighted by molar-refractivity contribution is 0.403. The van der Waals surface area contributed by atoms with Gasteiger partial charge in [-0.3, -0.25) is 0 Å². The molecule has 1 heterocycles. The van der Waals surface area contributed by atoms with E-state index < -0.39 is 0 Å². The molecule has 114 valence electrons. The fraction of sp³-hybridized carbons (Fsp3) is 0.412. The zero-order chi connectivity index (χ0) is 15.4. The number of ether oxygens (including phenoxy) is 1. The minimum atomic E-state index is 0.162. The Morgan fingerprint density at radius 2 is 2.10 bits per heavy atom. The maximum absolute atomic E-state index is 5.66. The van der Waals surface area contributed by atoms with Gasteiger partial charge in [0.25, 0.3) is 0 Å². The topological polar surface area (TPSA) is 21.3 Å². The maximum Gasteiger partial charge on any atom is 0.124 e. The van der Waals surface area contributed by atoms with Gasteiger partial charge >= 0.3 is 0 Å². The molecular weight excluding hydrogens is 346 g/mol. The third-order valence-corrected chi connectivity index (χ3v) is 5.44. The number of hydrogen-bond donors (Lipinski definition) is 1. The fourth-order valence-corrected chi connectivity index (χ4v) is 4.29. The predicted molar refractivity (Wildman–Crippen MR) is 94.6 cm³/mol. The maximum atomic E-state index is 5.66. The Kier molecular flexibility index (Phi) is 5.85. The SMILES string of the molecule is CCCNC(c1sccc1Br)c1c(C)cc(C)cc1OC. The van der Waals surface area contributed by atoms with Crippen LogP contribution in [0.1, 0.15) is 41.0 Å². The van der Waals surface area contributed by atoms with Crippen molar-refractivity contribution in [3.05, 3.63) is 49.6 Å². The summed E-state index contributed by atoms with van der Waals surface area (Å²) in [5.41, 5.74) is 3.73. The average Bonchev–Trinajstić information content (AvgIpc) is 2.86. The highest BCUT2D eigenvalue weighted by Gasteiger charge is 2.23.